The van der Waals surface area contributed by atoms with Gasteiger partial charge < -0.3 is 11.1 Å². The van der Waals surface area contributed by atoms with Crippen LogP contribution in [0.5, 0.6) is 0 Å². The molecule has 6 nitrogen and oxygen atoms in total. The van der Waals surface area contributed by atoms with Gasteiger partial charge in [-0.3, -0.25) is 19.3 Å². The van der Waals surface area contributed by atoms with Crippen LogP contribution in [0, 0.1) is 11.8 Å². The number of imide groups is 1. The normalized spacial score (nSPS) is 23.0. The molecular weight excluding hydrogens is 290 g/mol. The van der Waals surface area contributed by atoms with Crippen molar-refractivity contribution in [3.8, 4) is 0 Å². The standard InChI is InChI=1S/C14H13N3O3S/c15-12(21)7-3-1-2-4-10(7)16-11(18)6-17-13(19)8-5-9(8)14(17)20/h1-4,8-9H,5-6H2,(H2,15,21)(H,16,18). The van der Waals surface area contributed by atoms with Crippen molar-refractivity contribution in [3.05, 3.63) is 29.8 Å². The quantitative estimate of drug-likeness (QED) is 0.615. The second-order valence-electron chi connectivity index (χ2n) is 5.17. The molecule has 3 amide bonds. The topological polar surface area (TPSA) is 92.5 Å². The summed E-state index contributed by atoms with van der Waals surface area (Å²) in [5.41, 5.74) is 6.60. The summed E-state index contributed by atoms with van der Waals surface area (Å²) in [5.74, 6) is -1.34. The fraction of sp³-hybridized carbons (Fsp3) is 0.286. The van der Waals surface area contributed by atoms with Gasteiger partial charge in [-0.2, -0.15) is 0 Å². The zero-order valence-electron chi connectivity index (χ0n) is 11.0. The molecule has 0 aromatic heterocycles. The lowest BCUT2D eigenvalue weighted by Gasteiger charge is -2.16. The molecule has 2 aliphatic rings. The van der Waals surface area contributed by atoms with Crippen molar-refractivity contribution in [1.82, 2.24) is 4.90 Å². The molecule has 2 fully saturated rings. The number of rotatable bonds is 4. The van der Waals surface area contributed by atoms with Crippen molar-refractivity contribution >= 4 is 40.6 Å². The predicted octanol–water partition coefficient (Wildman–Crippen LogP) is 0.264. The molecule has 1 saturated heterocycles. The van der Waals surface area contributed by atoms with E-state index < -0.39 is 5.91 Å². The van der Waals surface area contributed by atoms with Gasteiger partial charge in [0.15, 0.2) is 0 Å². The van der Waals surface area contributed by atoms with Gasteiger partial charge in [0.05, 0.1) is 17.5 Å². The van der Waals surface area contributed by atoms with Crippen LogP contribution in [0.1, 0.15) is 12.0 Å². The van der Waals surface area contributed by atoms with E-state index in [1.54, 1.807) is 24.3 Å². The number of nitrogens with zero attached hydrogens (tertiary/aromatic N) is 1. The number of benzene rings is 1. The zero-order chi connectivity index (χ0) is 15.1. The summed E-state index contributed by atoms with van der Waals surface area (Å²) in [6, 6.07) is 6.85. The summed E-state index contributed by atoms with van der Waals surface area (Å²) in [7, 11) is 0. The lowest BCUT2D eigenvalue weighted by Crippen LogP contribution is -2.39. The summed E-state index contributed by atoms with van der Waals surface area (Å²) >= 11 is 4.91. The number of nitrogens with two attached hydrogens (primary N) is 1. The number of amides is 3. The number of carbonyl (C=O) groups excluding carboxylic acids is 3. The van der Waals surface area contributed by atoms with Gasteiger partial charge >= 0.3 is 0 Å². The third-order valence-electron chi connectivity index (χ3n) is 3.73. The minimum atomic E-state index is -0.443. The molecule has 1 aliphatic carbocycles. The van der Waals surface area contributed by atoms with Crippen molar-refractivity contribution in [3.63, 3.8) is 0 Å². The van der Waals surface area contributed by atoms with Gasteiger partial charge in [-0.05, 0) is 18.6 Å². The lowest BCUT2D eigenvalue weighted by molar-refractivity contribution is -0.143. The maximum Gasteiger partial charge on any atom is 0.244 e. The molecule has 0 bridgehead atoms. The van der Waals surface area contributed by atoms with E-state index in [-0.39, 0.29) is 35.2 Å². The Labute approximate surface area is 126 Å². The molecule has 1 heterocycles. The Morgan fingerprint density at radius 2 is 1.90 bits per heavy atom. The van der Waals surface area contributed by atoms with Crippen molar-refractivity contribution < 1.29 is 14.4 Å². The maximum absolute atomic E-state index is 12.0. The Kier molecular flexibility index (Phi) is 3.21. The smallest absolute Gasteiger partial charge is 0.244 e. The number of fused-ring (bicyclic) bond motifs is 1. The number of carbonyl (C=O) groups is 3. The van der Waals surface area contributed by atoms with E-state index in [4.69, 9.17) is 18.0 Å². The summed E-state index contributed by atoms with van der Waals surface area (Å²) < 4.78 is 0. The van der Waals surface area contributed by atoms with Gasteiger partial charge in [-0.25, -0.2) is 0 Å². The summed E-state index contributed by atoms with van der Waals surface area (Å²) in [6.07, 6.45) is 0.625. The zero-order valence-corrected chi connectivity index (χ0v) is 11.9. The van der Waals surface area contributed by atoms with E-state index in [2.05, 4.69) is 5.32 Å². The molecule has 0 radical (unpaired) electrons. The van der Waals surface area contributed by atoms with Crippen LogP contribution in [0.25, 0.3) is 0 Å². The molecule has 2 unspecified atom stereocenters. The molecule has 2 atom stereocenters. The van der Waals surface area contributed by atoms with Crippen LogP contribution in [-0.2, 0) is 14.4 Å². The molecule has 1 aromatic rings. The van der Waals surface area contributed by atoms with Crippen LogP contribution in [0.3, 0.4) is 0 Å². The highest BCUT2D eigenvalue weighted by atomic mass is 32.1. The third-order valence-corrected chi connectivity index (χ3v) is 3.95. The molecule has 108 valence electrons. The average Bonchev–Trinajstić information content (AvgIpc) is 3.19. The summed E-state index contributed by atoms with van der Waals surface area (Å²) in [6.45, 7) is -0.268. The Morgan fingerprint density at radius 3 is 2.52 bits per heavy atom. The molecule has 1 saturated carbocycles. The highest BCUT2D eigenvalue weighted by Gasteiger charge is 2.59. The number of thiocarbonyl (C=S) groups is 1. The Balaban J connectivity index is 1.69. The van der Waals surface area contributed by atoms with Gasteiger partial charge in [0.1, 0.15) is 11.5 Å². The van der Waals surface area contributed by atoms with Crippen LogP contribution in [0.4, 0.5) is 5.69 Å². The van der Waals surface area contributed by atoms with Crippen molar-refractivity contribution in [1.29, 1.82) is 0 Å². The first-order valence-corrected chi connectivity index (χ1v) is 6.93. The molecule has 3 N–H and O–H groups in total. The predicted molar refractivity (Wildman–Crippen MR) is 79.3 cm³/mol. The van der Waals surface area contributed by atoms with E-state index in [0.29, 0.717) is 17.7 Å². The van der Waals surface area contributed by atoms with E-state index in [1.807, 2.05) is 0 Å². The molecule has 3 rings (SSSR count). The van der Waals surface area contributed by atoms with Crippen molar-refractivity contribution in [2.45, 2.75) is 6.42 Å². The average molecular weight is 303 g/mol. The first-order valence-electron chi connectivity index (χ1n) is 6.53. The minimum absolute atomic E-state index is 0.167. The van der Waals surface area contributed by atoms with Crippen LogP contribution in [-0.4, -0.2) is 34.2 Å². The molecule has 7 heteroatoms. The van der Waals surface area contributed by atoms with E-state index in [0.717, 1.165) is 4.90 Å². The van der Waals surface area contributed by atoms with Crippen LogP contribution in [0.2, 0.25) is 0 Å². The van der Waals surface area contributed by atoms with Crippen molar-refractivity contribution in [2.75, 3.05) is 11.9 Å². The number of likely N-dealkylation sites (tertiary alicyclic amines) is 1. The van der Waals surface area contributed by atoms with Gasteiger partial charge in [-0.15, -0.1) is 0 Å². The van der Waals surface area contributed by atoms with Gasteiger partial charge in [0.2, 0.25) is 17.7 Å². The largest absolute Gasteiger partial charge is 0.389 e. The number of hydrogen-bond acceptors (Lipinski definition) is 4. The van der Waals surface area contributed by atoms with E-state index in [9.17, 15) is 14.4 Å². The summed E-state index contributed by atoms with van der Waals surface area (Å²) in [5, 5.41) is 2.64. The monoisotopic (exact) mass is 303 g/mol. The highest BCUT2D eigenvalue weighted by Crippen LogP contribution is 2.46. The Morgan fingerprint density at radius 1 is 1.29 bits per heavy atom. The van der Waals surface area contributed by atoms with Gasteiger partial charge in [0.25, 0.3) is 0 Å². The number of hydrogen-bond donors (Lipinski definition) is 2. The van der Waals surface area contributed by atoms with Crippen LogP contribution in [0.15, 0.2) is 24.3 Å². The molecular formula is C14H13N3O3S. The van der Waals surface area contributed by atoms with E-state index >= 15 is 0 Å². The van der Waals surface area contributed by atoms with E-state index in [1.165, 1.54) is 0 Å². The van der Waals surface area contributed by atoms with Gasteiger partial charge in [0, 0.05) is 5.56 Å². The Hall–Kier alpha value is -2.28. The SMILES string of the molecule is NC(=S)c1ccccc1NC(=O)CN1C(=O)C2CC2C1=O. The second kappa shape index (κ2) is 4.92. The number of para-hydroxylation sites is 1. The van der Waals surface area contributed by atoms with Crippen LogP contribution >= 0.6 is 12.2 Å². The number of piperidine rings is 1. The number of nitrogens with one attached hydrogen (secondary N) is 1. The molecule has 0 spiro atoms. The fourth-order valence-corrected chi connectivity index (χ4v) is 2.72. The minimum Gasteiger partial charge on any atom is -0.389 e. The maximum atomic E-state index is 12.0. The van der Waals surface area contributed by atoms with Gasteiger partial charge in [-0.1, -0.05) is 24.4 Å². The lowest BCUT2D eigenvalue weighted by atomic mass is 10.2. The molecule has 21 heavy (non-hydrogen) atoms. The first-order chi connectivity index (χ1) is 9.99. The van der Waals surface area contributed by atoms with Crippen LogP contribution < -0.4 is 11.1 Å². The fourth-order valence-electron chi connectivity index (χ4n) is 2.55. The highest BCUT2D eigenvalue weighted by molar-refractivity contribution is 7.80. The first kappa shape index (κ1) is 13.7. The molecule has 1 aliphatic heterocycles. The second-order valence-corrected chi connectivity index (χ2v) is 5.61. The Bertz CT molecular complexity index is 653. The molecule has 1 aromatic carbocycles. The summed E-state index contributed by atoms with van der Waals surface area (Å²) in [4.78, 5) is 36.8. The number of anilines is 1. The van der Waals surface area contributed by atoms with Crippen molar-refractivity contribution in [2.24, 2.45) is 17.6 Å². The third kappa shape index (κ3) is 2.40.